The summed E-state index contributed by atoms with van der Waals surface area (Å²) in [6, 6.07) is 12.5. The largest absolute Gasteiger partial charge is 0.389 e. The van der Waals surface area contributed by atoms with Gasteiger partial charge in [-0.1, -0.05) is 31.9 Å². The van der Waals surface area contributed by atoms with E-state index in [0.717, 1.165) is 25.8 Å². The van der Waals surface area contributed by atoms with Gasteiger partial charge >= 0.3 is 0 Å². The SMILES string of the molecule is Cc1nccn1CC(O)Cn1c2ccc(Br)cc2c2cc(Br)ccc21. The number of halogens is 2. The first-order valence-electron chi connectivity index (χ1n) is 8.06. The Labute approximate surface area is 162 Å². The Morgan fingerprint density at radius 3 is 2.12 bits per heavy atom. The summed E-state index contributed by atoms with van der Waals surface area (Å²) < 4.78 is 6.27. The summed E-state index contributed by atoms with van der Waals surface area (Å²) in [6.45, 7) is 3.00. The molecule has 0 saturated carbocycles. The van der Waals surface area contributed by atoms with Crippen LogP contribution in [-0.2, 0) is 13.1 Å². The van der Waals surface area contributed by atoms with Crippen molar-refractivity contribution < 1.29 is 5.11 Å². The van der Waals surface area contributed by atoms with Crippen LogP contribution in [0, 0.1) is 6.92 Å². The molecule has 1 atom stereocenters. The molecule has 0 saturated heterocycles. The minimum Gasteiger partial charge on any atom is -0.389 e. The summed E-state index contributed by atoms with van der Waals surface area (Å²) in [6.07, 6.45) is 3.16. The fraction of sp³-hybridized carbons (Fsp3) is 0.211. The number of benzene rings is 2. The first kappa shape index (κ1) is 16.8. The summed E-state index contributed by atoms with van der Waals surface area (Å²) in [5, 5.41) is 13.0. The van der Waals surface area contributed by atoms with Crippen LogP contribution >= 0.6 is 31.9 Å². The normalized spacial score (nSPS) is 13.0. The quantitative estimate of drug-likeness (QED) is 0.469. The van der Waals surface area contributed by atoms with Crippen LogP contribution in [0.5, 0.6) is 0 Å². The van der Waals surface area contributed by atoms with Gasteiger partial charge in [0.1, 0.15) is 5.82 Å². The number of aryl methyl sites for hydroxylation is 1. The second-order valence-corrected chi connectivity index (χ2v) is 8.05. The van der Waals surface area contributed by atoms with Crippen LogP contribution in [0.4, 0.5) is 0 Å². The number of hydrogen-bond acceptors (Lipinski definition) is 2. The van der Waals surface area contributed by atoms with Crippen molar-refractivity contribution in [3.05, 3.63) is 63.6 Å². The summed E-state index contributed by atoms with van der Waals surface area (Å²) in [5.41, 5.74) is 2.25. The van der Waals surface area contributed by atoms with E-state index < -0.39 is 6.10 Å². The molecule has 0 radical (unpaired) electrons. The molecule has 4 nitrogen and oxygen atoms in total. The molecule has 0 amide bonds. The zero-order chi connectivity index (χ0) is 17.6. The van der Waals surface area contributed by atoms with Crippen LogP contribution in [0.25, 0.3) is 21.8 Å². The molecule has 6 heteroatoms. The van der Waals surface area contributed by atoms with Gasteiger partial charge < -0.3 is 14.2 Å². The minimum absolute atomic E-state index is 0.501. The van der Waals surface area contributed by atoms with Gasteiger partial charge in [-0.25, -0.2) is 4.98 Å². The molecule has 1 unspecified atom stereocenters. The summed E-state index contributed by atoms with van der Waals surface area (Å²) in [7, 11) is 0. The second kappa shape index (κ2) is 6.59. The number of aliphatic hydroxyl groups is 1. The zero-order valence-corrected chi connectivity index (χ0v) is 16.8. The van der Waals surface area contributed by atoms with E-state index in [-0.39, 0.29) is 0 Å². The topological polar surface area (TPSA) is 43.0 Å². The van der Waals surface area contributed by atoms with Gasteiger partial charge in [0, 0.05) is 43.1 Å². The Kier molecular flexibility index (Phi) is 4.43. The molecule has 0 aliphatic carbocycles. The Morgan fingerprint density at radius 1 is 1.00 bits per heavy atom. The van der Waals surface area contributed by atoms with Gasteiger partial charge in [-0.3, -0.25) is 0 Å². The van der Waals surface area contributed by atoms with Crippen molar-refractivity contribution in [2.45, 2.75) is 26.1 Å². The standard InChI is InChI=1S/C19H17Br2N3O/c1-12-22-6-7-23(12)10-15(25)11-24-18-4-2-13(20)8-16(18)17-9-14(21)3-5-19(17)24/h2-9,15,25H,10-11H2,1H3. The number of rotatable bonds is 4. The summed E-state index contributed by atoms with van der Waals surface area (Å²) in [5.74, 6) is 0.911. The number of imidazole rings is 1. The highest BCUT2D eigenvalue weighted by Crippen LogP contribution is 2.33. The molecule has 0 spiro atoms. The monoisotopic (exact) mass is 461 g/mol. The van der Waals surface area contributed by atoms with Crippen LogP contribution in [0.3, 0.4) is 0 Å². The highest BCUT2D eigenvalue weighted by atomic mass is 79.9. The fourth-order valence-corrected chi connectivity index (χ4v) is 4.06. The van der Waals surface area contributed by atoms with E-state index in [1.54, 1.807) is 6.20 Å². The predicted molar refractivity (Wildman–Crippen MR) is 108 cm³/mol. The van der Waals surface area contributed by atoms with Crippen molar-refractivity contribution >= 4 is 53.7 Å². The van der Waals surface area contributed by atoms with Crippen LogP contribution < -0.4 is 0 Å². The molecular weight excluding hydrogens is 446 g/mol. The van der Waals surface area contributed by atoms with Gasteiger partial charge in [0.2, 0.25) is 0 Å². The summed E-state index contributed by atoms with van der Waals surface area (Å²) in [4.78, 5) is 4.22. The molecule has 1 N–H and O–H groups in total. The maximum atomic E-state index is 10.7. The number of hydrogen-bond donors (Lipinski definition) is 1. The van der Waals surface area contributed by atoms with Gasteiger partial charge in [0.25, 0.3) is 0 Å². The lowest BCUT2D eigenvalue weighted by Gasteiger charge is -2.15. The van der Waals surface area contributed by atoms with Crippen molar-refractivity contribution in [3.8, 4) is 0 Å². The Balaban J connectivity index is 1.78. The van der Waals surface area contributed by atoms with E-state index in [2.05, 4.69) is 65.7 Å². The smallest absolute Gasteiger partial charge is 0.105 e. The third-order valence-corrected chi connectivity index (χ3v) is 5.50. The second-order valence-electron chi connectivity index (χ2n) is 6.21. The molecule has 0 aliphatic rings. The van der Waals surface area contributed by atoms with Crippen LogP contribution in [0.2, 0.25) is 0 Å². The van der Waals surface area contributed by atoms with E-state index in [1.165, 1.54) is 10.8 Å². The molecule has 2 heterocycles. The fourth-order valence-electron chi connectivity index (χ4n) is 3.34. The lowest BCUT2D eigenvalue weighted by Crippen LogP contribution is -2.22. The number of fused-ring (bicyclic) bond motifs is 3. The molecule has 2 aromatic heterocycles. The van der Waals surface area contributed by atoms with Gasteiger partial charge in [-0.2, -0.15) is 0 Å². The van der Waals surface area contributed by atoms with Gasteiger partial charge in [-0.05, 0) is 43.3 Å². The maximum absolute atomic E-state index is 10.7. The first-order chi connectivity index (χ1) is 12.0. The van der Waals surface area contributed by atoms with Crippen molar-refractivity contribution in [1.29, 1.82) is 0 Å². The van der Waals surface area contributed by atoms with Crippen molar-refractivity contribution in [3.63, 3.8) is 0 Å². The molecule has 25 heavy (non-hydrogen) atoms. The van der Waals surface area contributed by atoms with Crippen molar-refractivity contribution in [2.24, 2.45) is 0 Å². The van der Waals surface area contributed by atoms with Gasteiger partial charge in [0.15, 0.2) is 0 Å². The molecule has 0 fully saturated rings. The van der Waals surface area contributed by atoms with Gasteiger partial charge in [0.05, 0.1) is 19.2 Å². The Hall–Kier alpha value is -1.63. The van der Waals surface area contributed by atoms with E-state index in [1.807, 2.05) is 29.8 Å². The van der Waals surface area contributed by atoms with Crippen LogP contribution in [-0.4, -0.2) is 25.3 Å². The number of aliphatic hydroxyl groups excluding tert-OH is 1. The van der Waals surface area contributed by atoms with Gasteiger partial charge in [-0.15, -0.1) is 0 Å². The zero-order valence-electron chi connectivity index (χ0n) is 13.7. The highest BCUT2D eigenvalue weighted by molar-refractivity contribution is 9.10. The molecule has 4 rings (SSSR count). The van der Waals surface area contributed by atoms with Crippen LogP contribution in [0.1, 0.15) is 5.82 Å². The third-order valence-electron chi connectivity index (χ3n) is 4.51. The van der Waals surface area contributed by atoms with Crippen molar-refractivity contribution in [2.75, 3.05) is 0 Å². The summed E-state index contributed by atoms with van der Waals surface area (Å²) >= 11 is 7.13. The molecule has 128 valence electrons. The molecule has 2 aromatic carbocycles. The molecule has 0 bridgehead atoms. The van der Waals surface area contributed by atoms with Crippen molar-refractivity contribution in [1.82, 2.24) is 14.1 Å². The minimum atomic E-state index is -0.501. The number of nitrogens with zero attached hydrogens (tertiary/aromatic N) is 3. The molecule has 0 aliphatic heterocycles. The maximum Gasteiger partial charge on any atom is 0.105 e. The molecular formula is C19H17Br2N3O. The average Bonchev–Trinajstić information content (AvgIpc) is 3.10. The Morgan fingerprint density at radius 2 is 1.60 bits per heavy atom. The van der Waals surface area contributed by atoms with E-state index in [0.29, 0.717) is 13.1 Å². The Bertz CT molecular complexity index is 1010. The third kappa shape index (κ3) is 3.14. The van der Waals surface area contributed by atoms with Crippen LogP contribution in [0.15, 0.2) is 57.7 Å². The lowest BCUT2D eigenvalue weighted by molar-refractivity contribution is 0.136. The van der Waals surface area contributed by atoms with E-state index in [9.17, 15) is 5.11 Å². The number of aromatic nitrogens is 3. The van der Waals surface area contributed by atoms with E-state index in [4.69, 9.17) is 0 Å². The predicted octanol–water partition coefficient (Wildman–Crippen LogP) is 4.89. The lowest BCUT2D eigenvalue weighted by atomic mass is 10.2. The first-order valence-corrected chi connectivity index (χ1v) is 9.64. The average molecular weight is 463 g/mol. The molecule has 4 aromatic rings. The van der Waals surface area contributed by atoms with E-state index >= 15 is 0 Å². The highest BCUT2D eigenvalue weighted by Gasteiger charge is 2.15.